The van der Waals surface area contributed by atoms with Gasteiger partial charge in [-0.1, -0.05) is 79.8 Å². The summed E-state index contributed by atoms with van der Waals surface area (Å²) in [6, 6.07) is 26.7. The Balaban J connectivity index is 0.00000141. The van der Waals surface area contributed by atoms with Gasteiger partial charge >= 0.3 is 11.6 Å². The third-order valence-corrected chi connectivity index (χ3v) is 8.10. The van der Waals surface area contributed by atoms with Crippen LogP contribution in [0.15, 0.2) is 91.1 Å². The number of carbonyl (C=O) groups excluding carboxylic acids is 1. The lowest BCUT2D eigenvalue weighted by Crippen LogP contribution is -2.13. The van der Waals surface area contributed by atoms with Crippen LogP contribution in [-0.2, 0) is 35.8 Å². The number of thiocarbonyl (C=S) groups is 1. The molecule has 1 N–H and O–H groups in total. The Bertz CT molecular complexity index is 1750. The van der Waals surface area contributed by atoms with Gasteiger partial charge in [0.25, 0.3) is 0 Å². The molecule has 3 aromatic carbocycles. The molecule has 0 radical (unpaired) electrons. The van der Waals surface area contributed by atoms with E-state index in [0.29, 0.717) is 29.0 Å². The molecule has 0 bridgehead atoms. The molecule has 0 atom stereocenters. The van der Waals surface area contributed by atoms with Crippen LogP contribution in [0.3, 0.4) is 0 Å². The first kappa shape index (κ1) is 32.9. The third-order valence-electron chi connectivity index (χ3n) is 6.63. The summed E-state index contributed by atoms with van der Waals surface area (Å²) in [6.45, 7) is 4.01. The molecule has 226 valence electrons. The molecule has 44 heavy (non-hydrogen) atoms. The first-order valence-electron chi connectivity index (χ1n) is 14.0. The van der Waals surface area contributed by atoms with E-state index in [-0.39, 0.29) is 18.0 Å². The zero-order valence-corrected chi connectivity index (χ0v) is 26.5. The van der Waals surface area contributed by atoms with Crippen LogP contribution in [0.2, 0.25) is 0 Å². The van der Waals surface area contributed by atoms with Crippen LogP contribution in [0.25, 0.3) is 20.7 Å². The van der Waals surface area contributed by atoms with Gasteiger partial charge in [0.15, 0.2) is 11.6 Å². The van der Waals surface area contributed by atoms with Crippen LogP contribution in [-0.4, -0.2) is 30.6 Å². The second-order valence-corrected chi connectivity index (χ2v) is 11.8. The van der Waals surface area contributed by atoms with E-state index in [1.165, 1.54) is 11.6 Å². The van der Waals surface area contributed by atoms with Crippen molar-refractivity contribution in [2.75, 3.05) is 6.54 Å². The largest absolute Gasteiger partial charge is 0.453 e. The van der Waals surface area contributed by atoms with Crippen LogP contribution in [0.5, 0.6) is 11.5 Å². The Morgan fingerprint density at radius 2 is 1.66 bits per heavy atom. The van der Waals surface area contributed by atoms with Gasteiger partial charge in [-0.2, -0.15) is 8.42 Å². The predicted molar refractivity (Wildman–Crippen MR) is 179 cm³/mol. The lowest BCUT2D eigenvalue weighted by Gasteiger charge is -2.10. The van der Waals surface area contributed by atoms with Crippen molar-refractivity contribution >= 4 is 56.0 Å². The number of benzene rings is 3. The van der Waals surface area contributed by atoms with Crippen LogP contribution < -0.4 is 10.1 Å². The minimum absolute atomic E-state index is 0.0542. The number of nitrogens with one attached hydrogen (secondary N) is 1. The monoisotopic (exact) mass is 646 g/mol. The first-order valence-corrected chi connectivity index (χ1v) is 15.9. The Labute approximate surface area is 268 Å². The average molecular weight is 647 g/mol. The fraction of sp³-hybridized carbons (Fsp3) is 0.206. The van der Waals surface area contributed by atoms with Gasteiger partial charge in [-0.05, 0) is 53.4 Å². The van der Waals surface area contributed by atoms with E-state index in [2.05, 4.69) is 41.5 Å². The van der Waals surface area contributed by atoms with Gasteiger partial charge in [-0.25, -0.2) is 4.39 Å². The second-order valence-electron chi connectivity index (χ2n) is 10.0. The highest BCUT2D eigenvalue weighted by Crippen LogP contribution is 2.39. The summed E-state index contributed by atoms with van der Waals surface area (Å²) in [5.74, 6) is 0.264. The number of nitrogens with zero attached hydrogens (tertiary/aromatic N) is 1. The lowest BCUT2D eigenvalue weighted by atomic mass is 10.0. The summed E-state index contributed by atoms with van der Waals surface area (Å²) in [4.78, 5) is 18.6. The smallest absolute Gasteiger partial charge is 0.335 e. The molecule has 0 spiro atoms. The highest BCUT2D eigenvalue weighted by atomic mass is 32.1. The van der Waals surface area contributed by atoms with E-state index in [9.17, 15) is 4.79 Å². The second kappa shape index (κ2) is 16.8. The average Bonchev–Trinajstić information content (AvgIpc) is 3.45. The Hall–Kier alpha value is -3.96. The highest BCUT2D eigenvalue weighted by Gasteiger charge is 2.14. The Morgan fingerprint density at radius 1 is 0.932 bits per heavy atom. The minimum Gasteiger partial charge on any atom is -0.453 e. The fourth-order valence-electron chi connectivity index (χ4n) is 4.59. The van der Waals surface area contributed by atoms with Crippen molar-refractivity contribution < 1.29 is 22.3 Å². The zero-order valence-electron chi connectivity index (χ0n) is 24.1. The molecule has 0 saturated heterocycles. The molecular weight excluding hydrogens is 616 g/mol. The number of carbonyl (C=O) groups is 1. The van der Waals surface area contributed by atoms with Crippen molar-refractivity contribution in [3.05, 3.63) is 114 Å². The van der Waals surface area contributed by atoms with Crippen molar-refractivity contribution in [2.45, 2.75) is 39.2 Å². The lowest BCUT2D eigenvalue weighted by molar-refractivity contribution is -0.117. The number of thiophene rings is 1. The van der Waals surface area contributed by atoms with Crippen molar-refractivity contribution in [1.29, 1.82) is 0 Å². The number of fused-ring (bicyclic) bond motifs is 1. The molecule has 0 saturated carbocycles. The molecule has 2 aromatic heterocycles. The fourth-order valence-corrected chi connectivity index (χ4v) is 5.98. The molecule has 0 unspecified atom stereocenters. The van der Waals surface area contributed by atoms with Crippen LogP contribution in [0, 0.1) is 5.82 Å². The van der Waals surface area contributed by atoms with E-state index in [1.54, 1.807) is 35.7 Å². The molecule has 0 aliphatic heterocycles. The molecule has 0 fully saturated rings. The zero-order chi connectivity index (χ0) is 31.3. The molecule has 10 heteroatoms. The van der Waals surface area contributed by atoms with E-state index >= 15 is 4.39 Å². The predicted octanol–water partition coefficient (Wildman–Crippen LogP) is 7.84. The summed E-state index contributed by atoms with van der Waals surface area (Å²) >= 11 is 6.28. The Kier molecular flexibility index (Phi) is 12.6. The molecule has 2 heterocycles. The van der Waals surface area contributed by atoms with E-state index in [0.717, 1.165) is 45.7 Å². The molecule has 0 aliphatic carbocycles. The first-order chi connectivity index (χ1) is 21.4. The highest BCUT2D eigenvalue weighted by molar-refractivity contribution is 7.80. The number of pyridine rings is 1. The molecule has 6 nitrogen and oxygen atoms in total. The minimum atomic E-state index is -0.750. The molecule has 0 amide bonds. The van der Waals surface area contributed by atoms with Crippen molar-refractivity contribution in [2.24, 2.45) is 0 Å². The maximum atomic E-state index is 15.1. The van der Waals surface area contributed by atoms with E-state index < -0.39 is 17.4 Å². The number of hydrogen-bond donors (Lipinski definition) is 1. The number of ketones is 1. The van der Waals surface area contributed by atoms with Gasteiger partial charge < -0.3 is 10.1 Å². The maximum absolute atomic E-state index is 15.1. The maximum Gasteiger partial charge on any atom is 0.335 e. The number of aromatic nitrogens is 1. The van der Waals surface area contributed by atoms with Gasteiger partial charge in [0, 0.05) is 47.8 Å². The number of hydrogen-bond acceptors (Lipinski definition) is 8. The van der Waals surface area contributed by atoms with Crippen molar-refractivity contribution in [1.82, 2.24) is 10.3 Å². The van der Waals surface area contributed by atoms with Gasteiger partial charge in [0.2, 0.25) is 0 Å². The number of rotatable bonds is 13. The van der Waals surface area contributed by atoms with Crippen LogP contribution >= 0.6 is 23.6 Å². The topological polar surface area (TPSA) is 85.4 Å². The van der Waals surface area contributed by atoms with Crippen LogP contribution in [0.1, 0.15) is 36.5 Å². The standard InChI is InChI=1S/C34H31FN2O2S2.O2S/c1-2-15-36-22-24-8-11-26(12-9-24)33-21-30-34(41-33)32(14-16-37-30)39-31-13-10-25(19-29(31)35)18-28(40)20-27(38)17-23-6-4-3-5-7-23;1-3-2/h3-14,16,19,21,36H,2,15,17-18,20,22H2,1H3;. The van der Waals surface area contributed by atoms with Gasteiger partial charge in [-0.3, -0.25) is 9.78 Å². The SMILES string of the molecule is CCCNCc1ccc(-c2cc3nccc(Oc4ccc(CC(=S)CC(=O)Cc5ccccc5)cc4F)c3s2)cc1.O=S=O. The van der Waals surface area contributed by atoms with Crippen molar-refractivity contribution in [3.8, 4) is 21.9 Å². The van der Waals surface area contributed by atoms with Crippen molar-refractivity contribution in [3.63, 3.8) is 0 Å². The quantitative estimate of drug-likeness (QED) is 0.103. The molecular formula is C34H31FN2O4S3. The number of ether oxygens (including phenoxy) is 1. The summed E-state index contributed by atoms with van der Waals surface area (Å²) < 4.78 is 38.6. The van der Waals surface area contributed by atoms with E-state index in [1.807, 2.05) is 36.4 Å². The van der Waals surface area contributed by atoms with Gasteiger partial charge in [0.1, 0.15) is 11.5 Å². The van der Waals surface area contributed by atoms with Gasteiger partial charge in [-0.15, -0.1) is 11.3 Å². The number of halogens is 1. The van der Waals surface area contributed by atoms with Gasteiger partial charge in [0.05, 0.1) is 10.2 Å². The summed E-state index contributed by atoms with van der Waals surface area (Å²) in [7, 11) is 0. The summed E-state index contributed by atoms with van der Waals surface area (Å²) in [5, 5.41) is 3.42. The van der Waals surface area contributed by atoms with E-state index in [4.69, 9.17) is 25.4 Å². The molecule has 5 rings (SSSR count). The summed E-state index contributed by atoms with van der Waals surface area (Å²) in [5.41, 5.74) is 4.82. The normalized spacial score (nSPS) is 10.6. The Morgan fingerprint density at radius 3 is 2.36 bits per heavy atom. The third kappa shape index (κ3) is 9.52. The molecule has 5 aromatic rings. The molecule has 0 aliphatic rings. The summed E-state index contributed by atoms with van der Waals surface area (Å²) in [6.07, 6.45) is 3.67. The number of Topliss-reactive ketones (excluding diaryl/α,β-unsaturated/α-hetero) is 1. The van der Waals surface area contributed by atoms with Crippen LogP contribution in [0.4, 0.5) is 4.39 Å².